The van der Waals surface area contributed by atoms with Gasteiger partial charge in [-0.1, -0.05) is 36.4 Å². The summed E-state index contributed by atoms with van der Waals surface area (Å²) in [4.78, 5) is 0. The van der Waals surface area contributed by atoms with E-state index in [4.69, 9.17) is 0 Å². The van der Waals surface area contributed by atoms with Gasteiger partial charge < -0.3 is 5.32 Å². The third-order valence-corrected chi connectivity index (χ3v) is 3.53. The molecule has 0 aromatic heterocycles. The minimum atomic E-state index is 1.07. The molecular formula is C15H23NS. The molecule has 0 atom stereocenters. The summed E-state index contributed by atoms with van der Waals surface area (Å²) in [6.07, 6.45) is 5.70. The van der Waals surface area contributed by atoms with Crippen molar-refractivity contribution in [3.63, 3.8) is 0 Å². The second-order valence-electron chi connectivity index (χ2n) is 4.06. The van der Waals surface area contributed by atoms with Crippen LogP contribution in [0.25, 0.3) is 0 Å². The number of thioether (sulfide) groups is 1. The van der Waals surface area contributed by atoms with Crippen LogP contribution in [-0.2, 0) is 6.42 Å². The lowest BCUT2D eigenvalue weighted by Crippen LogP contribution is -2.18. The molecule has 0 saturated heterocycles. The van der Waals surface area contributed by atoms with Crippen molar-refractivity contribution in [3.8, 4) is 0 Å². The third kappa shape index (κ3) is 8.06. The van der Waals surface area contributed by atoms with E-state index < -0.39 is 0 Å². The zero-order chi connectivity index (χ0) is 12.2. The van der Waals surface area contributed by atoms with E-state index in [1.165, 1.54) is 30.6 Å². The molecule has 0 radical (unpaired) electrons. The maximum absolute atomic E-state index is 3.71. The van der Waals surface area contributed by atoms with E-state index in [0.717, 1.165) is 18.8 Å². The van der Waals surface area contributed by atoms with Gasteiger partial charge in [0.05, 0.1) is 0 Å². The molecule has 2 heteroatoms. The zero-order valence-corrected chi connectivity index (χ0v) is 11.3. The first kappa shape index (κ1) is 14.3. The number of nitrogens with one attached hydrogen (secondary N) is 1. The molecule has 1 aromatic rings. The molecule has 0 amide bonds. The molecule has 0 aliphatic rings. The molecule has 0 aliphatic heterocycles. The van der Waals surface area contributed by atoms with Gasteiger partial charge in [0.15, 0.2) is 0 Å². The van der Waals surface area contributed by atoms with Gasteiger partial charge in [0.2, 0.25) is 0 Å². The van der Waals surface area contributed by atoms with E-state index in [1.54, 1.807) is 0 Å². The summed E-state index contributed by atoms with van der Waals surface area (Å²) >= 11 is 1.93. The molecule has 0 unspecified atom stereocenters. The summed E-state index contributed by atoms with van der Waals surface area (Å²) in [6, 6.07) is 10.7. The first-order chi connectivity index (χ1) is 8.43. The molecular weight excluding hydrogens is 226 g/mol. The highest BCUT2D eigenvalue weighted by atomic mass is 32.2. The number of benzene rings is 1. The van der Waals surface area contributed by atoms with Crippen molar-refractivity contribution in [2.24, 2.45) is 0 Å². The second kappa shape index (κ2) is 10.4. The molecule has 1 nitrogen and oxygen atoms in total. The van der Waals surface area contributed by atoms with Gasteiger partial charge in [0.1, 0.15) is 0 Å². The van der Waals surface area contributed by atoms with E-state index >= 15 is 0 Å². The Morgan fingerprint density at radius 1 is 1.12 bits per heavy atom. The highest BCUT2D eigenvalue weighted by molar-refractivity contribution is 7.99. The van der Waals surface area contributed by atoms with Crippen LogP contribution in [0.15, 0.2) is 43.0 Å². The third-order valence-electron chi connectivity index (χ3n) is 2.57. The summed E-state index contributed by atoms with van der Waals surface area (Å²) in [6.45, 7) is 5.96. The van der Waals surface area contributed by atoms with Crippen molar-refractivity contribution < 1.29 is 0 Å². The van der Waals surface area contributed by atoms with Crippen molar-refractivity contribution in [1.29, 1.82) is 0 Å². The molecule has 0 aliphatic carbocycles. The Kier molecular flexibility index (Phi) is 8.79. The monoisotopic (exact) mass is 249 g/mol. The maximum atomic E-state index is 3.71. The lowest BCUT2D eigenvalue weighted by atomic mass is 10.1. The highest BCUT2D eigenvalue weighted by Crippen LogP contribution is 2.03. The Labute approximate surface area is 110 Å². The molecule has 1 N–H and O–H groups in total. The molecule has 0 spiro atoms. The van der Waals surface area contributed by atoms with Crippen molar-refractivity contribution in [3.05, 3.63) is 48.6 Å². The van der Waals surface area contributed by atoms with Crippen LogP contribution in [0.1, 0.15) is 18.4 Å². The van der Waals surface area contributed by atoms with E-state index in [1.807, 2.05) is 17.8 Å². The molecule has 1 aromatic carbocycles. The zero-order valence-electron chi connectivity index (χ0n) is 10.5. The number of hydrogen-bond donors (Lipinski definition) is 1. The molecule has 0 saturated carbocycles. The van der Waals surface area contributed by atoms with Crippen LogP contribution in [0.3, 0.4) is 0 Å². The Bertz CT molecular complexity index is 284. The predicted octanol–water partition coefficient (Wildman–Crippen LogP) is 3.52. The quantitative estimate of drug-likeness (QED) is 0.503. The molecule has 94 valence electrons. The highest BCUT2D eigenvalue weighted by Gasteiger charge is 1.92. The van der Waals surface area contributed by atoms with Crippen LogP contribution in [0.5, 0.6) is 0 Å². The van der Waals surface area contributed by atoms with Crippen molar-refractivity contribution in [1.82, 2.24) is 5.32 Å². The standard InChI is InChI=1S/C15H23NS/c1-2-13-17-14-12-16-11-7-6-10-15-8-4-3-5-9-15/h2-5,8-9,16H,1,6-7,10-14H2. The van der Waals surface area contributed by atoms with E-state index in [2.05, 4.69) is 42.2 Å². The lowest BCUT2D eigenvalue weighted by molar-refractivity contribution is 0.643. The second-order valence-corrected chi connectivity index (χ2v) is 5.21. The van der Waals surface area contributed by atoms with Gasteiger partial charge in [0, 0.05) is 18.1 Å². The van der Waals surface area contributed by atoms with E-state index in [9.17, 15) is 0 Å². The molecule has 0 bridgehead atoms. The topological polar surface area (TPSA) is 12.0 Å². The van der Waals surface area contributed by atoms with Crippen molar-refractivity contribution in [2.75, 3.05) is 24.6 Å². The first-order valence-electron chi connectivity index (χ1n) is 6.37. The number of hydrogen-bond acceptors (Lipinski definition) is 2. The van der Waals surface area contributed by atoms with Gasteiger partial charge in [0.25, 0.3) is 0 Å². The molecule has 17 heavy (non-hydrogen) atoms. The largest absolute Gasteiger partial charge is 0.316 e. The average molecular weight is 249 g/mol. The first-order valence-corrected chi connectivity index (χ1v) is 7.52. The predicted molar refractivity (Wildman–Crippen MR) is 79.8 cm³/mol. The van der Waals surface area contributed by atoms with Gasteiger partial charge >= 0.3 is 0 Å². The van der Waals surface area contributed by atoms with Gasteiger partial charge in [-0.25, -0.2) is 0 Å². The normalized spacial score (nSPS) is 10.4. The Balaban J connectivity index is 1.86. The lowest BCUT2D eigenvalue weighted by Gasteiger charge is -2.04. The summed E-state index contributed by atoms with van der Waals surface area (Å²) in [5.41, 5.74) is 1.45. The van der Waals surface area contributed by atoms with Crippen LogP contribution in [0.2, 0.25) is 0 Å². The molecule has 0 heterocycles. The Morgan fingerprint density at radius 3 is 2.71 bits per heavy atom. The number of aryl methyl sites for hydroxylation is 1. The van der Waals surface area contributed by atoms with Crippen LogP contribution >= 0.6 is 11.8 Å². The van der Waals surface area contributed by atoms with Gasteiger partial charge in [-0.15, -0.1) is 6.58 Å². The van der Waals surface area contributed by atoms with Crippen LogP contribution in [0.4, 0.5) is 0 Å². The summed E-state index contributed by atoms with van der Waals surface area (Å²) in [5, 5.41) is 3.48. The summed E-state index contributed by atoms with van der Waals surface area (Å²) in [7, 11) is 0. The SMILES string of the molecule is C=CCSCCNCCCCc1ccccc1. The van der Waals surface area contributed by atoms with E-state index in [-0.39, 0.29) is 0 Å². The molecule has 0 fully saturated rings. The van der Waals surface area contributed by atoms with Crippen molar-refractivity contribution in [2.45, 2.75) is 19.3 Å². The van der Waals surface area contributed by atoms with Gasteiger partial charge in [-0.05, 0) is 31.4 Å². The van der Waals surface area contributed by atoms with Crippen molar-refractivity contribution >= 4 is 11.8 Å². The minimum Gasteiger partial charge on any atom is -0.316 e. The summed E-state index contributed by atoms with van der Waals surface area (Å²) in [5.74, 6) is 2.25. The van der Waals surface area contributed by atoms with Crippen LogP contribution in [-0.4, -0.2) is 24.6 Å². The Hall–Kier alpha value is -0.730. The maximum Gasteiger partial charge on any atom is 0.0111 e. The fourth-order valence-electron chi connectivity index (χ4n) is 1.66. The number of unbranched alkanes of at least 4 members (excludes halogenated alkanes) is 1. The Morgan fingerprint density at radius 2 is 1.94 bits per heavy atom. The molecule has 1 rings (SSSR count). The fourth-order valence-corrected chi connectivity index (χ4v) is 2.28. The summed E-state index contributed by atoms with van der Waals surface area (Å²) < 4.78 is 0. The van der Waals surface area contributed by atoms with Crippen LogP contribution < -0.4 is 5.32 Å². The minimum absolute atomic E-state index is 1.07. The van der Waals surface area contributed by atoms with Crippen LogP contribution in [0, 0.1) is 0 Å². The fraction of sp³-hybridized carbons (Fsp3) is 0.467. The van der Waals surface area contributed by atoms with E-state index in [0.29, 0.717) is 0 Å². The number of rotatable bonds is 10. The van der Waals surface area contributed by atoms with Gasteiger partial charge in [-0.3, -0.25) is 0 Å². The smallest absolute Gasteiger partial charge is 0.0111 e. The van der Waals surface area contributed by atoms with Gasteiger partial charge in [-0.2, -0.15) is 11.8 Å². The average Bonchev–Trinajstić information content (AvgIpc) is 2.38.